The van der Waals surface area contributed by atoms with Crippen LogP contribution in [-0.2, 0) is 6.42 Å². The lowest BCUT2D eigenvalue weighted by Gasteiger charge is -2.08. The van der Waals surface area contributed by atoms with Gasteiger partial charge in [-0.3, -0.25) is 4.79 Å². The quantitative estimate of drug-likeness (QED) is 0.250. The molecule has 0 aliphatic heterocycles. The van der Waals surface area contributed by atoms with Gasteiger partial charge in [0.1, 0.15) is 0 Å². The molecular weight excluding hydrogens is 456 g/mol. The summed E-state index contributed by atoms with van der Waals surface area (Å²) >= 11 is 0. The lowest BCUT2D eigenvalue weighted by Crippen LogP contribution is -2.03. The summed E-state index contributed by atoms with van der Waals surface area (Å²) in [5.41, 5.74) is 7.15. The molecule has 0 spiro atoms. The third kappa shape index (κ3) is 6.68. The molecule has 3 heteroatoms. The van der Waals surface area contributed by atoms with Crippen LogP contribution in [0.15, 0.2) is 133 Å². The predicted octanol–water partition coefficient (Wildman–Crippen LogP) is 7.87. The average molecular weight is 485 g/mol. The molecule has 5 aromatic rings. The van der Waals surface area contributed by atoms with Gasteiger partial charge in [-0.15, -0.1) is 0 Å². The second kappa shape index (κ2) is 12.3. The molecular formula is C34H28O3. The maximum Gasteiger partial charge on any atom is 0.335 e. The molecule has 0 fully saturated rings. The first-order valence-electron chi connectivity index (χ1n) is 12.1. The SMILES string of the molecule is Cc1cc(-c2ccccc2)ccc1C(=O)c1ccccc1.O=C(O)c1ccccc1Cc1ccccc1. The Balaban J connectivity index is 0.000000180. The van der Waals surface area contributed by atoms with Crippen LogP contribution in [-0.4, -0.2) is 16.9 Å². The normalized spacial score (nSPS) is 10.2. The Morgan fingerprint density at radius 3 is 1.78 bits per heavy atom. The number of hydrogen-bond donors (Lipinski definition) is 1. The first-order chi connectivity index (χ1) is 18.0. The van der Waals surface area contributed by atoms with Gasteiger partial charge in [0.2, 0.25) is 0 Å². The Hall–Kier alpha value is -4.76. The van der Waals surface area contributed by atoms with Gasteiger partial charge in [-0.1, -0.05) is 127 Å². The molecule has 37 heavy (non-hydrogen) atoms. The van der Waals surface area contributed by atoms with E-state index in [0.717, 1.165) is 33.4 Å². The zero-order valence-electron chi connectivity index (χ0n) is 20.7. The Morgan fingerprint density at radius 2 is 1.16 bits per heavy atom. The summed E-state index contributed by atoms with van der Waals surface area (Å²) in [7, 11) is 0. The third-order valence-corrected chi connectivity index (χ3v) is 6.10. The van der Waals surface area contributed by atoms with Crippen molar-refractivity contribution in [1.82, 2.24) is 0 Å². The Kier molecular flexibility index (Phi) is 8.41. The van der Waals surface area contributed by atoms with Crippen molar-refractivity contribution in [2.45, 2.75) is 13.3 Å². The molecule has 0 aliphatic carbocycles. The molecule has 0 heterocycles. The van der Waals surface area contributed by atoms with Crippen LogP contribution in [0.3, 0.4) is 0 Å². The van der Waals surface area contributed by atoms with Crippen molar-refractivity contribution in [2.24, 2.45) is 0 Å². The Bertz CT molecular complexity index is 1470. The van der Waals surface area contributed by atoms with E-state index in [2.05, 4.69) is 18.2 Å². The number of carboxylic acids is 1. The summed E-state index contributed by atoms with van der Waals surface area (Å²) in [6.07, 6.45) is 0.656. The maximum absolute atomic E-state index is 12.5. The summed E-state index contributed by atoms with van der Waals surface area (Å²) < 4.78 is 0. The van der Waals surface area contributed by atoms with E-state index >= 15 is 0 Å². The minimum absolute atomic E-state index is 0.0766. The van der Waals surface area contributed by atoms with Crippen molar-refractivity contribution >= 4 is 11.8 Å². The Labute approximate surface area is 217 Å². The van der Waals surface area contributed by atoms with Crippen LogP contribution in [0.4, 0.5) is 0 Å². The van der Waals surface area contributed by atoms with Crippen LogP contribution in [0.1, 0.15) is 43.0 Å². The fourth-order valence-corrected chi connectivity index (χ4v) is 4.17. The van der Waals surface area contributed by atoms with Gasteiger partial charge in [0.05, 0.1) is 5.56 Å². The fraction of sp³-hybridized carbons (Fsp3) is 0.0588. The number of benzene rings is 5. The van der Waals surface area contributed by atoms with Gasteiger partial charge in [0.25, 0.3) is 0 Å². The first-order valence-corrected chi connectivity index (χ1v) is 12.1. The highest BCUT2D eigenvalue weighted by molar-refractivity contribution is 6.10. The second-order valence-corrected chi connectivity index (χ2v) is 8.72. The number of carbonyl (C=O) groups excluding carboxylic acids is 1. The molecule has 1 N–H and O–H groups in total. The zero-order chi connectivity index (χ0) is 26.0. The third-order valence-electron chi connectivity index (χ3n) is 6.10. The van der Waals surface area contributed by atoms with Crippen LogP contribution in [0.25, 0.3) is 11.1 Å². The molecule has 0 unspecified atom stereocenters. The molecule has 0 saturated carbocycles. The molecule has 0 atom stereocenters. The van der Waals surface area contributed by atoms with E-state index < -0.39 is 5.97 Å². The summed E-state index contributed by atoms with van der Waals surface area (Å²) in [5, 5.41) is 9.04. The van der Waals surface area contributed by atoms with Crippen LogP contribution in [0, 0.1) is 6.92 Å². The van der Waals surface area contributed by atoms with Crippen LogP contribution >= 0.6 is 0 Å². The van der Waals surface area contributed by atoms with E-state index in [1.165, 1.54) is 5.56 Å². The molecule has 5 aromatic carbocycles. The monoisotopic (exact) mass is 484 g/mol. The number of hydrogen-bond acceptors (Lipinski definition) is 2. The van der Waals surface area contributed by atoms with Crippen LogP contribution in [0.5, 0.6) is 0 Å². The fourth-order valence-electron chi connectivity index (χ4n) is 4.17. The highest BCUT2D eigenvalue weighted by atomic mass is 16.4. The number of rotatable bonds is 6. The molecule has 0 radical (unpaired) electrons. The average Bonchev–Trinajstić information content (AvgIpc) is 2.95. The van der Waals surface area contributed by atoms with Crippen molar-refractivity contribution < 1.29 is 14.7 Å². The molecule has 0 aliphatic rings. The number of aryl methyl sites for hydroxylation is 1. The summed E-state index contributed by atoms with van der Waals surface area (Å²) in [5.74, 6) is -0.792. The van der Waals surface area contributed by atoms with Gasteiger partial charge in [0, 0.05) is 11.1 Å². The molecule has 3 nitrogen and oxygen atoms in total. The van der Waals surface area contributed by atoms with Gasteiger partial charge in [0.15, 0.2) is 5.78 Å². The van der Waals surface area contributed by atoms with Gasteiger partial charge >= 0.3 is 5.97 Å². The van der Waals surface area contributed by atoms with E-state index in [0.29, 0.717) is 12.0 Å². The Morgan fingerprint density at radius 1 is 0.595 bits per heavy atom. The van der Waals surface area contributed by atoms with E-state index in [1.807, 2.05) is 110 Å². The largest absolute Gasteiger partial charge is 0.478 e. The van der Waals surface area contributed by atoms with Crippen molar-refractivity contribution in [3.8, 4) is 11.1 Å². The number of aromatic carboxylic acids is 1. The zero-order valence-corrected chi connectivity index (χ0v) is 20.7. The van der Waals surface area contributed by atoms with Crippen molar-refractivity contribution in [1.29, 1.82) is 0 Å². The molecule has 182 valence electrons. The highest BCUT2D eigenvalue weighted by Crippen LogP contribution is 2.23. The smallest absolute Gasteiger partial charge is 0.335 e. The van der Waals surface area contributed by atoms with Gasteiger partial charge in [-0.25, -0.2) is 4.79 Å². The van der Waals surface area contributed by atoms with Crippen molar-refractivity contribution in [2.75, 3.05) is 0 Å². The molecule has 0 bridgehead atoms. The lowest BCUT2D eigenvalue weighted by atomic mass is 9.95. The number of ketones is 1. The van der Waals surface area contributed by atoms with E-state index in [1.54, 1.807) is 12.1 Å². The summed E-state index contributed by atoms with van der Waals surface area (Å²) in [6.45, 7) is 1.99. The minimum Gasteiger partial charge on any atom is -0.478 e. The van der Waals surface area contributed by atoms with E-state index in [-0.39, 0.29) is 5.78 Å². The summed E-state index contributed by atoms with van der Waals surface area (Å²) in [4.78, 5) is 23.5. The standard InChI is InChI=1S/C20H16O.C14H12O2/c1-15-14-18(16-8-4-2-5-9-16)12-13-19(15)20(21)17-10-6-3-7-11-17;15-14(16)13-9-5-4-8-12(13)10-11-6-2-1-3-7-11/h2-14H,1H3;1-9H,10H2,(H,15,16). The second-order valence-electron chi connectivity index (χ2n) is 8.72. The maximum atomic E-state index is 12.5. The summed E-state index contributed by atoms with van der Waals surface area (Å²) in [6, 6.07) is 42.6. The lowest BCUT2D eigenvalue weighted by molar-refractivity contribution is 0.0695. The molecule has 0 saturated heterocycles. The van der Waals surface area contributed by atoms with Gasteiger partial charge in [-0.2, -0.15) is 0 Å². The first kappa shape index (κ1) is 25.3. The van der Waals surface area contributed by atoms with Crippen LogP contribution in [0.2, 0.25) is 0 Å². The van der Waals surface area contributed by atoms with E-state index in [4.69, 9.17) is 5.11 Å². The number of carbonyl (C=O) groups is 2. The van der Waals surface area contributed by atoms with Crippen LogP contribution < -0.4 is 0 Å². The van der Waals surface area contributed by atoms with Gasteiger partial charge in [-0.05, 0) is 47.2 Å². The van der Waals surface area contributed by atoms with E-state index in [9.17, 15) is 9.59 Å². The molecule has 0 amide bonds. The minimum atomic E-state index is -0.869. The molecule has 0 aromatic heterocycles. The van der Waals surface area contributed by atoms with Gasteiger partial charge < -0.3 is 5.11 Å². The van der Waals surface area contributed by atoms with Crippen molar-refractivity contribution in [3.63, 3.8) is 0 Å². The van der Waals surface area contributed by atoms with Crippen molar-refractivity contribution in [3.05, 3.63) is 167 Å². The molecule has 5 rings (SSSR count). The number of carboxylic acid groups (broad SMARTS) is 1. The predicted molar refractivity (Wildman–Crippen MR) is 149 cm³/mol. The highest BCUT2D eigenvalue weighted by Gasteiger charge is 2.12. The topological polar surface area (TPSA) is 54.4 Å².